The molecule has 0 fully saturated rings. The summed E-state index contributed by atoms with van der Waals surface area (Å²) < 4.78 is 5.25. The fourth-order valence-electron chi connectivity index (χ4n) is 0.544. The fourth-order valence-corrected chi connectivity index (χ4v) is 0.544. The summed E-state index contributed by atoms with van der Waals surface area (Å²) in [4.78, 5) is 45.3. The molecule has 7 nitrogen and oxygen atoms in total. The first kappa shape index (κ1) is 28.2. The summed E-state index contributed by atoms with van der Waals surface area (Å²) in [6, 6.07) is 0. The number of hydrogen-bond donors (Lipinski definition) is 6. The van der Waals surface area contributed by atoms with Gasteiger partial charge in [-0.2, -0.15) is 0 Å². The standard InChI is InChI=1S/C6H14O.Na.2H3O3PS.H/c1-5(2)7-6(3)4;;2*1-4(2,3)5;/h5-6H,1-4H3;;2*(H3,1,2,3,5);. The van der Waals surface area contributed by atoms with Crippen molar-refractivity contribution in [1.82, 2.24) is 0 Å². The first-order valence-electron chi connectivity index (χ1n) is 4.35. The third-order valence-electron chi connectivity index (χ3n) is 0.544. The second-order valence-electron chi connectivity index (χ2n) is 3.26. The SMILES string of the molecule is CC(C)OC(C)C.OP(O)(O)=S.OP(O)(O)=S.[NaH]. The summed E-state index contributed by atoms with van der Waals surface area (Å²) in [5.41, 5.74) is 0. The molecule has 12 heteroatoms. The van der Waals surface area contributed by atoms with Crippen LogP contribution in [-0.2, 0) is 28.4 Å². The van der Waals surface area contributed by atoms with Gasteiger partial charge in [0.1, 0.15) is 0 Å². The predicted octanol–water partition coefficient (Wildman–Crippen LogP) is -0.453. The average Bonchev–Trinajstić information content (AvgIpc) is 1.71. The summed E-state index contributed by atoms with van der Waals surface area (Å²) in [7, 11) is 0. The van der Waals surface area contributed by atoms with E-state index in [2.05, 4.69) is 23.6 Å². The van der Waals surface area contributed by atoms with E-state index in [0.29, 0.717) is 12.2 Å². The Bertz CT molecular complexity index is 222. The van der Waals surface area contributed by atoms with Gasteiger partial charge in [-0.1, -0.05) is 0 Å². The monoisotopic (exact) mass is 354 g/mol. The van der Waals surface area contributed by atoms with E-state index in [0.717, 1.165) is 0 Å². The minimum absolute atomic E-state index is 0. The normalized spacial score (nSPS) is 10.9. The van der Waals surface area contributed by atoms with Gasteiger partial charge in [-0.3, -0.25) is 0 Å². The molecule has 0 atom stereocenters. The van der Waals surface area contributed by atoms with Crippen LogP contribution in [0.15, 0.2) is 0 Å². The molecule has 110 valence electrons. The Morgan fingerprint density at radius 2 is 0.833 bits per heavy atom. The second kappa shape index (κ2) is 14.0. The van der Waals surface area contributed by atoms with E-state index in [1.165, 1.54) is 0 Å². The van der Waals surface area contributed by atoms with E-state index in [-0.39, 0.29) is 29.6 Å². The van der Waals surface area contributed by atoms with Crippen LogP contribution in [0.5, 0.6) is 0 Å². The molecule has 0 saturated carbocycles. The van der Waals surface area contributed by atoms with Crippen molar-refractivity contribution in [3.8, 4) is 0 Å². The molecule has 0 bridgehead atoms. The number of rotatable bonds is 2. The fraction of sp³-hybridized carbons (Fsp3) is 1.00. The number of hydrogen-bond acceptors (Lipinski definition) is 3. The first-order chi connectivity index (χ1) is 7.13. The van der Waals surface area contributed by atoms with Crippen molar-refractivity contribution in [2.45, 2.75) is 39.9 Å². The van der Waals surface area contributed by atoms with Gasteiger partial charge >= 0.3 is 43.0 Å². The van der Waals surface area contributed by atoms with Gasteiger partial charge in [0.05, 0.1) is 12.2 Å². The molecule has 0 unspecified atom stereocenters. The van der Waals surface area contributed by atoms with Gasteiger partial charge in [0, 0.05) is 0 Å². The van der Waals surface area contributed by atoms with Crippen LogP contribution in [0.1, 0.15) is 27.7 Å². The van der Waals surface area contributed by atoms with E-state index in [1.54, 1.807) is 0 Å². The maximum absolute atomic E-state index is 7.56. The summed E-state index contributed by atoms with van der Waals surface area (Å²) >= 11 is 7.21. The Morgan fingerprint density at radius 1 is 0.722 bits per heavy atom. The molecule has 0 aromatic rings. The van der Waals surface area contributed by atoms with Crippen molar-refractivity contribution in [1.29, 1.82) is 0 Å². The van der Waals surface area contributed by atoms with E-state index in [1.807, 2.05) is 27.7 Å². The predicted molar refractivity (Wildman–Crippen MR) is 80.4 cm³/mol. The van der Waals surface area contributed by atoms with Crippen molar-refractivity contribution in [3.63, 3.8) is 0 Å². The molecule has 6 N–H and O–H groups in total. The minimum atomic E-state index is -3.81. The van der Waals surface area contributed by atoms with Gasteiger partial charge in [0.25, 0.3) is 0 Å². The van der Waals surface area contributed by atoms with E-state index < -0.39 is 13.4 Å². The number of ether oxygens (including phenoxy) is 1. The second-order valence-corrected chi connectivity index (χ2v) is 8.25. The molecule has 0 aliphatic carbocycles. The van der Waals surface area contributed by atoms with E-state index >= 15 is 0 Å². The zero-order valence-corrected chi connectivity index (χ0v) is 13.4. The third-order valence-corrected chi connectivity index (χ3v) is 0.544. The zero-order chi connectivity index (χ0) is 14.9. The van der Waals surface area contributed by atoms with Crippen LogP contribution in [0.25, 0.3) is 0 Å². The topological polar surface area (TPSA) is 131 Å². The molecule has 0 aliphatic heterocycles. The van der Waals surface area contributed by atoms with Crippen LogP contribution in [0.4, 0.5) is 0 Å². The molecule has 0 rings (SSSR count). The van der Waals surface area contributed by atoms with Gasteiger partial charge in [-0.25, -0.2) is 0 Å². The van der Waals surface area contributed by atoms with Crippen LogP contribution >= 0.6 is 13.4 Å². The van der Waals surface area contributed by atoms with Gasteiger partial charge in [-0.05, 0) is 51.3 Å². The Labute approximate surface area is 140 Å². The zero-order valence-electron chi connectivity index (χ0n) is 9.96. The van der Waals surface area contributed by atoms with Crippen LogP contribution < -0.4 is 0 Å². The molecule has 18 heavy (non-hydrogen) atoms. The van der Waals surface area contributed by atoms with Gasteiger partial charge in [0.2, 0.25) is 0 Å². The first-order valence-corrected chi connectivity index (χ1v) is 9.67. The molecular formula is C6H21NaO7P2S2. The van der Waals surface area contributed by atoms with Crippen LogP contribution in [0.2, 0.25) is 0 Å². The van der Waals surface area contributed by atoms with Crippen molar-refractivity contribution < 1.29 is 34.1 Å². The average molecular weight is 354 g/mol. The molecule has 0 radical (unpaired) electrons. The Morgan fingerprint density at radius 3 is 0.833 bits per heavy atom. The molecule has 0 heterocycles. The van der Waals surface area contributed by atoms with Gasteiger partial charge in [-0.15, -0.1) is 0 Å². The molecule has 0 amide bonds. The van der Waals surface area contributed by atoms with E-state index in [9.17, 15) is 0 Å². The Kier molecular flexibility index (Phi) is 21.9. The summed E-state index contributed by atoms with van der Waals surface area (Å²) in [5.74, 6) is 0. The van der Waals surface area contributed by atoms with Gasteiger partial charge in [0.15, 0.2) is 0 Å². The summed E-state index contributed by atoms with van der Waals surface area (Å²) in [5, 5.41) is 0. The van der Waals surface area contributed by atoms with Gasteiger partial charge < -0.3 is 34.1 Å². The summed E-state index contributed by atoms with van der Waals surface area (Å²) in [6.07, 6.45) is 0.750. The molecule has 0 saturated heterocycles. The molecular weight excluding hydrogens is 333 g/mol. The van der Waals surface area contributed by atoms with Crippen LogP contribution in [0.3, 0.4) is 0 Å². The van der Waals surface area contributed by atoms with Crippen molar-refractivity contribution in [3.05, 3.63) is 0 Å². The Balaban J connectivity index is -0.0000000813. The third kappa shape index (κ3) is 144. The van der Waals surface area contributed by atoms with E-state index in [4.69, 9.17) is 34.1 Å². The molecule has 0 aromatic carbocycles. The maximum atomic E-state index is 7.56. The van der Waals surface area contributed by atoms with Crippen molar-refractivity contribution >= 4 is 66.6 Å². The van der Waals surface area contributed by atoms with Crippen LogP contribution in [0, 0.1) is 0 Å². The molecule has 0 spiro atoms. The molecule has 0 aliphatic rings. The van der Waals surface area contributed by atoms with Crippen molar-refractivity contribution in [2.24, 2.45) is 0 Å². The Hall–Kier alpha value is 2.02. The quantitative estimate of drug-likeness (QED) is 0.288. The van der Waals surface area contributed by atoms with Crippen molar-refractivity contribution in [2.75, 3.05) is 0 Å². The van der Waals surface area contributed by atoms with Crippen LogP contribution in [-0.4, -0.2) is 71.1 Å². The summed E-state index contributed by atoms with van der Waals surface area (Å²) in [6.45, 7) is 0.556. The molecule has 0 aromatic heterocycles.